The topological polar surface area (TPSA) is 24.9 Å². The molecule has 122 valence electrons. The van der Waals surface area contributed by atoms with E-state index in [1.54, 1.807) is 0 Å². The van der Waals surface area contributed by atoms with Crippen molar-refractivity contribution in [1.82, 2.24) is 4.90 Å². The molecule has 1 aromatic carbocycles. The quantitative estimate of drug-likeness (QED) is 0.853. The van der Waals surface area contributed by atoms with Crippen LogP contribution in [0, 0.1) is 0 Å². The van der Waals surface area contributed by atoms with E-state index in [0.717, 1.165) is 38.4 Å². The summed E-state index contributed by atoms with van der Waals surface area (Å²) in [7, 11) is 2.16. The number of hydrogen-bond acceptors (Lipinski definition) is 4. The maximum atomic E-state index is 6.15. The number of hydrogen-bond donors (Lipinski definition) is 0. The molecule has 4 nitrogen and oxygen atoms in total. The second-order valence-corrected chi connectivity index (χ2v) is 6.68. The molecule has 1 unspecified atom stereocenters. The minimum absolute atomic E-state index is 0.168. The fraction of sp³-hybridized carbons (Fsp3) is 0.667. The first-order valence-corrected chi connectivity index (χ1v) is 8.46. The van der Waals surface area contributed by atoms with Gasteiger partial charge in [0.05, 0.1) is 12.3 Å². The molecule has 2 aliphatic heterocycles. The van der Waals surface area contributed by atoms with Crippen molar-refractivity contribution in [3.63, 3.8) is 0 Å². The minimum Gasteiger partial charge on any atom is -0.489 e. The fourth-order valence-corrected chi connectivity index (χ4v) is 3.43. The van der Waals surface area contributed by atoms with Crippen LogP contribution in [0.5, 0.6) is 5.75 Å². The van der Waals surface area contributed by atoms with Gasteiger partial charge in [-0.1, -0.05) is 12.1 Å². The van der Waals surface area contributed by atoms with Crippen LogP contribution in [0.3, 0.4) is 0 Å². The molecule has 1 saturated heterocycles. The third-order valence-electron chi connectivity index (χ3n) is 4.73. The number of anilines is 1. The van der Waals surface area contributed by atoms with Gasteiger partial charge in [-0.2, -0.15) is 0 Å². The zero-order chi connectivity index (χ0) is 15.5. The van der Waals surface area contributed by atoms with Crippen LogP contribution >= 0.6 is 0 Å². The Morgan fingerprint density at radius 1 is 1.32 bits per heavy atom. The molecule has 0 saturated carbocycles. The van der Waals surface area contributed by atoms with Crippen LogP contribution in [0.2, 0.25) is 0 Å². The molecule has 0 aromatic heterocycles. The van der Waals surface area contributed by atoms with Gasteiger partial charge in [-0.05, 0) is 38.3 Å². The fourth-order valence-electron chi connectivity index (χ4n) is 3.43. The largest absolute Gasteiger partial charge is 0.489 e. The highest BCUT2D eigenvalue weighted by Gasteiger charge is 2.24. The Morgan fingerprint density at radius 3 is 3.00 bits per heavy atom. The number of aryl methyl sites for hydroxylation is 1. The molecule has 2 aliphatic rings. The highest BCUT2D eigenvalue weighted by molar-refractivity contribution is 5.64. The van der Waals surface area contributed by atoms with Crippen molar-refractivity contribution in [2.24, 2.45) is 0 Å². The van der Waals surface area contributed by atoms with E-state index >= 15 is 0 Å². The first-order chi connectivity index (χ1) is 10.6. The Morgan fingerprint density at radius 2 is 2.18 bits per heavy atom. The molecule has 1 fully saturated rings. The third-order valence-corrected chi connectivity index (χ3v) is 4.73. The van der Waals surface area contributed by atoms with E-state index in [9.17, 15) is 0 Å². The van der Waals surface area contributed by atoms with E-state index in [1.807, 2.05) is 0 Å². The zero-order valence-corrected chi connectivity index (χ0v) is 14.0. The number of benzene rings is 1. The molecule has 0 radical (unpaired) electrons. The van der Waals surface area contributed by atoms with E-state index < -0.39 is 0 Å². The Labute approximate surface area is 134 Å². The summed E-state index contributed by atoms with van der Waals surface area (Å²) < 4.78 is 12.0. The molecule has 1 atom stereocenters. The van der Waals surface area contributed by atoms with E-state index in [1.165, 1.54) is 17.7 Å². The van der Waals surface area contributed by atoms with Crippen LogP contribution in [0.4, 0.5) is 5.69 Å². The summed E-state index contributed by atoms with van der Waals surface area (Å²) in [6, 6.07) is 6.98. The van der Waals surface area contributed by atoms with Gasteiger partial charge in [0.25, 0.3) is 0 Å². The van der Waals surface area contributed by atoms with Crippen LogP contribution < -0.4 is 9.64 Å². The van der Waals surface area contributed by atoms with Crippen LogP contribution in [-0.2, 0) is 11.2 Å². The number of morpholine rings is 1. The molecule has 0 aliphatic carbocycles. The SMILES string of the molecule is CC(C)N1CCOC(COc2cccc3c2N(C)CCC3)C1. The van der Waals surface area contributed by atoms with E-state index in [2.05, 4.69) is 48.9 Å². The van der Waals surface area contributed by atoms with Gasteiger partial charge in [-0.25, -0.2) is 0 Å². The molecule has 2 heterocycles. The lowest BCUT2D eigenvalue weighted by Crippen LogP contribution is -2.47. The minimum atomic E-state index is 0.168. The predicted octanol–water partition coefficient (Wildman–Crippen LogP) is 2.56. The summed E-state index contributed by atoms with van der Waals surface area (Å²) in [6.07, 6.45) is 2.54. The average molecular weight is 304 g/mol. The summed E-state index contributed by atoms with van der Waals surface area (Å²) in [5.41, 5.74) is 2.67. The highest BCUT2D eigenvalue weighted by Crippen LogP contribution is 2.35. The van der Waals surface area contributed by atoms with Crippen molar-refractivity contribution in [2.45, 2.75) is 38.8 Å². The van der Waals surface area contributed by atoms with Crippen LogP contribution in [0.1, 0.15) is 25.8 Å². The van der Waals surface area contributed by atoms with Crippen LogP contribution in [0.25, 0.3) is 0 Å². The van der Waals surface area contributed by atoms with E-state index in [0.29, 0.717) is 12.6 Å². The molecule has 0 amide bonds. The second-order valence-electron chi connectivity index (χ2n) is 6.68. The maximum absolute atomic E-state index is 6.15. The lowest BCUT2D eigenvalue weighted by molar-refractivity contribution is -0.0564. The van der Waals surface area contributed by atoms with Gasteiger partial charge in [0.2, 0.25) is 0 Å². The third kappa shape index (κ3) is 3.39. The molecule has 3 rings (SSSR count). The van der Waals surface area contributed by atoms with Gasteiger partial charge in [0.1, 0.15) is 18.5 Å². The van der Waals surface area contributed by atoms with Crippen molar-refractivity contribution in [1.29, 1.82) is 0 Å². The first kappa shape index (κ1) is 15.6. The molecular formula is C18H28N2O2. The predicted molar refractivity (Wildman–Crippen MR) is 90.0 cm³/mol. The Balaban J connectivity index is 1.64. The Bertz CT molecular complexity index is 504. The van der Waals surface area contributed by atoms with E-state index in [4.69, 9.17) is 9.47 Å². The molecule has 4 heteroatoms. The van der Waals surface area contributed by atoms with Gasteiger partial charge in [0.15, 0.2) is 0 Å². The molecule has 0 N–H and O–H groups in total. The van der Waals surface area contributed by atoms with Crippen molar-refractivity contribution in [3.8, 4) is 5.75 Å². The van der Waals surface area contributed by atoms with Gasteiger partial charge < -0.3 is 14.4 Å². The van der Waals surface area contributed by atoms with Crippen molar-refractivity contribution in [3.05, 3.63) is 23.8 Å². The average Bonchev–Trinajstić information content (AvgIpc) is 2.53. The summed E-state index contributed by atoms with van der Waals surface area (Å²) in [5.74, 6) is 1.00. The lowest BCUT2D eigenvalue weighted by atomic mass is 10.0. The van der Waals surface area contributed by atoms with Gasteiger partial charge in [-0.3, -0.25) is 4.90 Å². The molecule has 0 bridgehead atoms. The summed E-state index contributed by atoms with van der Waals surface area (Å²) in [5, 5.41) is 0. The number of rotatable bonds is 4. The smallest absolute Gasteiger partial charge is 0.143 e. The summed E-state index contributed by atoms with van der Waals surface area (Å²) in [4.78, 5) is 4.78. The normalized spacial score (nSPS) is 22.7. The van der Waals surface area contributed by atoms with Crippen molar-refractivity contribution in [2.75, 3.05) is 44.8 Å². The summed E-state index contributed by atoms with van der Waals surface area (Å²) >= 11 is 0. The number of nitrogens with zero attached hydrogens (tertiary/aromatic N) is 2. The highest BCUT2D eigenvalue weighted by atomic mass is 16.5. The molecule has 0 spiro atoms. The molecular weight excluding hydrogens is 276 g/mol. The van der Waals surface area contributed by atoms with Gasteiger partial charge in [0, 0.05) is 32.7 Å². The number of para-hydroxylation sites is 1. The van der Waals surface area contributed by atoms with Crippen molar-refractivity contribution >= 4 is 5.69 Å². The monoisotopic (exact) mass is 304 g/mol. The van der Waals surface area contributed by atoms with E-state index in [-0.39, 0.29) is 6.10 Å². The molecule has 22 heavy (non-hydrogen) atoms. The van der Waals surface area contributed by atoms with Gasteiger partial charge in [-0.15, -0.1) is 0 Å². The molecule has 1 aromatic rings. The van der Waals surface area contributed by atoms with Crippen molar-refractivity contribution < 1.29 is 9.47 Å². The number of ether oxygens (including phenoxy) is 2. The number of fused-ring (bicyclic) bond motifs is 1. The van der Waals surface area contributed by atoms with Gasteiger partial charge >= 0.3 is 0 Å². The summed E-state index contributed by atoms with van der Waals surface area (Å²) in [6.45, 7) is 9.01. The standard InChI is InChI=1S/C18H28N2O2/c1-14(2)20-10-11-21-16(12-20)13-22-17-8-4-6-15-7-5-9-19(3)18(15)17/h4,6,8,14,16H,5,7,9-13H2,1-3H3. The lowest BCUT2D eigenvalue weighted by Gasteiger charge is -2.35. The first-order valence-electron chi connectivity index (χ1n) is 8.46. The second kappa shape index (κ2) is 6.88. The van der Waals surface area contributed by atoms with Crippen LogP contribution in [0.15, 0.2) is 18.2 Å². The van der Waals surface area contributed by atoms with Crippen LogP contribution in [-0.4, -0.2) is 56.9 Å². The Kier molecular flexibility index (Phi) is 4.89. The zero-order valence-electron chi connectivity index (χ0n) is 14.0. The maximum Gasteiger partial charge on any atom is 0.143 e. The Hall–Kier alpha value is -1.26.